The molecule has 0 aliphatic heterocycles. The van der Waals surface area contributed by atoms with Gasteiger partial charge in [0, 0.05) is 9.52 Å². The van der Waals surface area contributed by atoms with Crippen LogP contribution in [-0.4, -0.2) is 9.52 Å². The molecule has 0 spiro atoms. The summed E-state index contributed by atoms with van der Waals surface area (Å²) in [7, 11) is 0.750. The molecule has 0 N–H and O–H groups in total. The first-order valence-electron chi connectivity index (χ1n) is 6.22. The van der Waals surface area contributed by atoms with Gasteiger partial charge in [-0.3, -0.25) is 12.2 Å². The van der Waals surface area contributed by atoms with Crippen LogP contribution in [0.15, 0.2) is 34.4 Å². The van der Waals surface area contributed by atoms with Crippen LogP contribution in [0.25, 0.3) is 0 Å². The van der Waals surface area contributed by atoms with Crippen LogP contribution < -0.4 is 9.41 Å². The van der Waals surface area contributed by atoms with E-state index >= 15 is 0 Å². The van der Waals surface area contributed by atoms with Gasteiger partial charge in [-0.25, -0.2) is 23.3 Å². The van der Waals surface area contributed by atoms with Gasteiger partial charge in [0.25, 0.3) is 0 Å². The van der Waals surface area contributed by atoms with Crippen molar-refractivity contribution in [3.8, 4) is 0 Å². The maximum Gasteiger partial charge on any atom is 4.00 e. The Hall–Kier alpha value is -0.0800. The quantitative estimate of drug-likeness (QED) is 0.365. The molecule has 0 unspecified atom stereocenters. The van der Waals surface area contributed by atoms with E-state index in [9.17, 15) is 0 Å². The molecule has 0 amide bonds. The van der Waals surface area contributed by atoms with Gasteiger partial charge in [-0.15, -0.1) is 12.8 Å². The summed E-state index contributed by atoms with van der Waals surface area (Å²) in [5.74, 6) is 0. The van der Waals surface area contributed by atoms with E-state index in [0.717, 1.165) is 22.4 Å². The van der Waals surface area contributed by atoms with Crippen LogP contribution in [0.5, 0.6) is 0 Å². The number of rotatable bonds is 0. The van der Waals surface area contributed by atoms with Crippen LogP contribution in [0.1, 0.15) is 40.5 Å². The average molecular weight is 375 g/mol. The second-order valence-electron chi connectivity index (χ2n) is 4.63. The van der Waals surface area contributed by atoms with Crippen LogP contribution in [-0.2, 0) is 26.2 Å². The van der Waals surface area contributed by atoms with Crippen molar-refractivity contribution in [1.29, 1.82) is 0 Å². The zero-order chi connectivity index (χ0) is 13.3. The molecular formula is C16H25F2SiZr. The molecule has 4 heteroatoms. The molecule has 0 saturated carbocycles. The Bertz CT molecular complexity index is 321. The van der Waals surface area contributed by atoms with Gasteiger partial charge >= 0.3 is 26.2 Å². The first-order chi connectivity index (χ1) is 7.99. The Balaban J connectivity index is -0.0000000956. The maximum atomic E-state index is 3.19. The molecule has 0 aromatic heterocycles. The molecule has 20 heavy (non-hydrogen) atoms. The largest absolute Gasteiger partial charge is 4.00 e. The van der Waals surface area contributed by atoms with E-state index in [1.54, 1.807) is 0 Å². The van der Waals surface area contributed by atoms with Crippen molar-refractivity contribution >= 4 is 9.52 Å². The molecule has 0 saturated heterocycles. The van der Waals surface area contributed by atoms with Crippen molar-refractivity contribution in [3.63, 3.8) is 0 Å². The van der Waals surface area contributed by atoms with Gasteiger partial charge in [-0.1, -0.05) is 40.8 Å². The third-order valence-corrected chi connectivity index (χ3v) is 2.22. The van der Waals surface area contributed by atoms with E-state index in [0.29, 0.717) is 0 Å². The monoisotopic (exact) mass is 373 g/mol. The van der Waals surface area contributed by atoms with Crippen molar-refractivity contribution in [3.05, 3.63) is 46.6 Å². The molecule has 0 bridgehead atoms. The molecule has 0 aromatic carbocycles. The Labute approximate surface area is 145 Å². The van der Waals surface area contributed by atoms with Gasteiger partial charge in [-0.05, 0) is 0 Å². The summed E-state index contributed by atoms with van der Waals surface area (Å²) in [6.07, 6.45) is 12.8. The van der Waals surface area contributed by atoms with Crippen molar-refractivity contribution in [2.24, 2.45) is 0 Å². The molecule has 111 valence electrons. The van der Waals surface area contributed by atoms with Crippen molar-refractivity contribution in [1.82, 2.24) is 0 Å². The summed E-state index contributed by atoms with van der Waals surface area (Å²) < 4.78 is 0. The smallest absolute Gasteiger partial charge is 1.00 e. The van der Waals surface area contributed by atoms with Gasteiger partial charge in [0.15, 0.2) is 0 Å². The Morgan fingerprint density at radius 3 is 1.10 bits per heavy atom. The number of hydrogen-bond donors (Lipinski definition) is 0. The third kappa shape index (κ3) is 16.0. The number of allylic oxidation sites excluding steroid dienone is 8. The molecule has 2 aliphatic rings. The molecule has 0 heterocycles. The Morgan fingerprint density at radius 2 is 1.05 bits per heavy atom. The van der Waals surface area contributed by atoms with Gasteiger partial charge in [0.1, 0.15) is 0 Å². The standard InChI is InChI=1S/2C7H9.C2H7Si.2FH.Zr/c2*1-6-3-4-7(2)5-6;1-3-2;;;/h2*5H,3H2,1-2H3;3H,1-2H3;2*1H;/q2*-1;;;;+4/p-2. The van der Waals surface area contributed by atoms with E-state index in [1.807, 2.05) is 0 Å². The Kier molecular flexibility index (Phi) is 23.9. The molecule has 2 rings (SSSR count). The van der Waals surface area contributed by atoms with Crippen LogP contribution in [0, 0.1) is 12.2 Å². The van der Waals surface area contributed by atoms with E-state index in [-0.39, 0.29) is 35.6 Å². The third-order valence-electron chi connectivity index (χ3n) is 2.22. The van der Waals surface area contributed by atoms with Crippen molar-refractivity contribution in [2.75, 3.05) is 0 Å². The van der Waals surface area contributed by atoms with Crippen LogP contribution in [0.2, 0.25) is 13.1 Å². The summed E-state index contributed by atoms with van der Waals surface area (Å²) in [6, 6.07) is 0. The van der Waals surface area contributed by atoms with Gasteiger partial charge in [0.2, 0.25) is 0 Å². The summed E-state index contributed by atoms with van der Waals surface area (Å²) in [4.78, 5) is 0. The minimum absolute atomic E-state index is 0. The molecule has 2 aliphatic carbocycles. The SMILES string of the molecule is CC1=[C-]CC(C)=C1.CC1=[C-]CC(C)=C1.C[SiH]C.[F-].[F-].[Zr+4]. The zero-order valence-electron chi connectivity index (χ0n) is 13.4. The van der Waals surface area contributed by atoms with Crippen molar-refractivity contribution in [2.45, 2.75) is 53.6 Å². The fraction of sp³-hybridized carbons (Fsp3) is 0.500. The van der Waals surface area contributed by atoms with Gasteiger partial charge in [0.05, 0.1) is 0 Å². The van der Waals surface area contributed by atoms with Gasteiger partial charge in [-0.2, -0.15) is 11.1 Å². The molecule has 0 fully saturated rings. The van der Waals surface area contributed by atoms with Crippen LogP contribution in [0.3, 0.4) is 0 Å². The van der Waals surface area contributed by atoms with Crippen molar-refractivity contribution < 1.29 is 35.6 Å². The zero-order valence-corrected chi connectivity index (χ0v) is 17.0. The molecule has 0 aromatic rings. The number of halogens is 2. The fourth-order valence-electron chi connectivity index (χ4n) is 1.50. The van der Waals surface area contributed by atoms with E-state index in [1.165, 1.54) is 22.3 Å². The average Bonchev–Trinajstić information content (AvgIpc) is 2.78. The second kappa shape index (κ2) is 17.0. The first-order valence-corrected chi connectivity index (χ1v) is 8.53. The predicted octanol–water partition coefficient (Wildman–Crippen LogP) is -1.30. The maximum absolute atomic E-state index is 3.19. The summed E-state index contributed by atoms with van der Waals surface area (Å²) in [5.41, 5.74) is 5.44. The summed E-state index contributed by atoms with van der Waals surface area (Å²) in [6.45, 7) is 12.8. The molecule has 0 atom stereocenters. The minimum atomic E-state index is 0. The number of hydrogen-bond acceptors (Lipinski definition) is 0. The van der Waals surface area contributed by atoms with Gasteiger partial charge < -0.3 is 9.41 Å². The second-order valence-corrected chi connectivity index (χ2v) is 5.79. The van der Waals surface area contributed by atoms with Crippen LogP contribution in [0.4, 0.5) is 0 Å². The summed E-state index contributed by atoms with van der Waals surface area (Å²) in [5, 5.41) is 0. The van der Waals surface area contributed by atoms with E-state index < -0.39 is 0 Å². The van der Waals surface area contributed by atoms with Crippen LogP contribution >= 0.6 is 0 Å². The topological polar surface area (TPSA) is 0 Å². The molecule has 0 nitrogen and oxygen atoms in total. The normalized spacial score (nSPS) is 14.3. The van der Waals surface area contributed by atoms with E-state index in [4.69, 9.17) is 0 Å². The minimum Gasteiger partial charge on any atom is -1.00 e. The first kappa shape index (κ1) is 28.1. The Morgan fingerprint density at radius 1 is 0.800 bits per heavy atom. The predicted molar refractivity (Wildman–Crippen MR) is 80.5 cm³/mol. The molecular weight excluding hydrogens is 349 g/mol. The molecule has 1 radical (unpaired) electrons. The summed E-state index contributed by atoms with van der Waals surface area (Å²) >= 11 is 0. The fourth-order valence-corrected chi connectivity index (χ4v) is 1.50. The van der Waals surface area contributed by atoms with E-state index in [2.05, 4.69) is 65.1 Å².